The summed E-state index contributed by atoms with van der Waals surface area (Å²) in [5.41, 5.74) is 3.79. The van der Waals surface area contributed by atoms with Gasteiger partial charge in [-0.15, -0.1) is 0 Å². The minimum atomic E-state index is -0.445. The van der Waals surface area contributed by atoms with Crippen molar-refractivity contribution in [3.63, 3.8) is 0 Å². The molecule has 1 atom stereocenters. The van der Waals surface area contributed by atoms with Gasteiger partial charge in [0.05, 0.1) is 25.9 Å². The summed E-state index contributed by atoms with van der Waals surface area (Å²) in [6.45, 7) is 9.83. The zero-order valence-electron chi connectivity index (χ0n) is 21.4. The van der Waals surface area contributed by atoms with Gasteiger partial charge in [-0.2, -0.15) is 0 Å². The molecule has 0 spiro atoms. The molecule has 3 heterocycles. The minimum absolute atomic E-state index is 0.189. The van der Waals surface area contributed by atoms with Crippen LogP contribution in [0.3, 0.4) is 0 Å². The van der Waals surface area contributed by atoms with Gasteiger partial charge >= 0.3 is 6.09 Å². The molecule has 0 saturated carbocycles. The molecule has 4 rings (SSSR count). The SMILES string of the molecule is CCOC(=O)N1CCN(C2=NCN(Nc3ccc(OC)c(F)c3)C(=NCC3CCCN3CC)N2)CC1. The Morgan fingerprint density at radius 2 is 2.06 bits per heavy atom. The van der Waals surface area contributed by atoms with Gasteiger partial charge in [-0.1, -0.05) is 6.92 Å². The van der Waals surface area contributed by atoms with Crippen LogP contribution in [0.1, 0.15) is 26.7 Å². The fraction of sp³-hybridized carbons (Fsp3) is 0.625. The number of hydrogen-bond donors (Lipinski definition) is 2. The lowest BCUT2D eigenvalue weighted by molar-refractivity contribution is 0.0914. The normalized spacial score (nSPS) is 21.9. The van der Waals surface area contributed by atoms with E-state index in [2.05, 4.69) is 27.5 Å². The maximum absolute atomic E-state index is 14.3. The van der Waals surface area contributed by atoms with Crippen LogP contribution in [-0.2, 0) is 4.74 Å². The Morgan fingerprint density at radius 3 is 2.75 bits per heavy atom. The van der Waals surface area contributed by atoms with Crippen molar-refractivity contribution in [2.45, 2.75) is 32.7 Å². The maximum Gasteiger partial charge on any atom is 0.409 e. The number of hydrazine groups is 1. The average Bonchev–Trinajstić information content (AvgIpc) is 3.36. The maximum atomic E-state index is 14.3. The summed E-state index contributed by atoms with van der Waals surface area (Å²) >= 11 is 0. The monoisotopic (exact) mass is 504 g/mol. The predicted octanol–water partition coefficient (Wildman–Crippen LogP) is 1.99. The third kappa shape index (κ3) is 6.10. The highest BCUT2D eigenvalue weighted by Crippen LogP contribution is 2.22. The molecule has 3 aliphatic heterocycles. The summed E-state index contributed by atoms with van der Waals surface area (Å²) in [4.78, 5) is 28.0. The zero-order valence-corrected chi connectivity index (χ0v) is 21.4. The van der Waals surface area contributed by atoms with Crippen LogP contribution in [0.4, 0.5) is 14.9 Å². The molecule has 11 nitrogen and oxygen atoms in total. The van der Waals surface area contributed by atoms with E-state index in [9.17, 15) is 9.18 Å². The van der Waals surface area contributed by atoms with Crippen molar-refractivity contribution < 1.29 is 18.7 Å². The van der Waals surface area contributed by atoms with Crippen molar-refractivity contribution in [2.75, 3.05) is 71.6 Å². The number of methoxy groups -OCH3 is 1. The van der Waals surface area contributed by atoms with Crippen LogP contribution < -0.4 is 15.5 Å². The second kappa shape index (κ2) is 12.1. The molecule has 198 valence electrons. The summed E-state index contributed by atoms with van der Waals surface area (Å²) in [5.74, 6) is 1.09. The molecule has 0 bridgehead atoms. The van der Waals surface area contributed by atoms with Gasteiger partial charge in [0.1, 0.15) is 6.67 Å². The summed E-state index contributed by atoms with van der Waals surface area (Å²) in [6.07, 6.45) is 2.02. The average molecular weight is 505 g/mol. The third-order valence-corrected chi connectivity index (χ3v) is 6.72. The number of likely N-dealkylation sites (tertiary alicyclic amines) is 1. The first kappa shape index (κ1) is 25.8. The predicted molar refractivity (Wildman–Crippen MR) is 137 cm³/mol. The highest BCUT2D eigenvalue weighted by molar-refractivity contribution is 6.00. The number of nitrogens with zero attached hydrogens (tertiary/aromatic N) is 6. The zero-order chi connectivity index (χ0) is 25.5. The number of carbonyl (C=O) groups excluding carboxylic acids is 1. The molecule has 0 aliphatic carbocycles. The Labute approximate surface area is 211 Å². The first-order valence-corrected chi connectivity index (χ1v) is 12.7. The minimum Gasteiger partial charge on any atom is -0.494 e. The Balaban J connectivity index is 1.47. The number of rotatable bonds is 7. The van der Waals surface area contributed by atoms with Crippen LogP contribution in [0.15, 0.2) is 28.2 Å². The van der Waals surface area contributed by atoms with Crippen molar-refractivity contribution in [3.8, 4) is 5.75 Å². The van der Waals surface area contributed by atoms with E-state index in [1.54, 1.807) is 29.0 Å². The molecule has 1 aromatic carbocycles. The van der Waals surface area contributed by atoms with Crippen LogP contribution in [0.5, 0.6) is 5.75 Å². The molecular weight excluding hydrogens is 467 g/mol. The summed E-state index contributed by atoms with van der Waals surface area (Å²) in [5, 5.41) is 5.16. The van der Waals surface area contributed by atoms with Gasteiger partial charge in [-0.05, 0) is 45.0 Å². The fourth-order valence-electron chi connectivity index (χ4n) is 4.72. The summed E-state index contributed by atoms with van der Waals surface area (Å²) in [6, 6.07) is 5.13. The second-order valence-corrected chi connectivity index (χ2v) is 8.90. The first-order chi connectivity index (χ1) is 17.5. The standard InChI is InChI=1S/C24H37FN8O3/c1-4-30-10-6-7-19(30)16-26-23-28-22(31-11-13-32(14-12-31)24(34)36-5-2)27-17-33(23)29-18-8-9-21(35-3)20(25)15-18/h8-9,15,19,29H,4-7,10-14,16-17H2,1-3H3,(H,26,27,28). The molecule has 0 radical (unpaired) electrons. The lowest BCUT2D eigenvalue weighted by Gasteiger charge is -2.39. The van der Waals surface area contributed by atoms with Gasteiger partial charge in [-0.3, -0.25) is 15.6 Å². The molecule has 2 N–H and O–H groups in total. The van der Waals surface area contributed by atoms with Gasteiger partial charge in [0, 0.05) is 38.3 Å². The third-order valence-electron chi connectivity index (χ3n) is 6.72. The molecule has 0 aromatic heterocycles. The number of halogens is 1. The quantitative estimate of drug-likeness (QED) is 0.582. The lowest BCUT2D eigenvalue weighted by atomic mass is 10.2. The van der Waals surface area contributed by atoms with Crippen LogP contribution in [0, 0.1) is 5.82 Å². The van der Waals surface area contributed by atoms with E-state index < -0.39 is 5.82 Å². The largest absolute Gasteiger partial charge is 0.494 e. The number of likely N-dealkylation sites (N-methyl/N-ethyl adjacent to an activating group) is 1. The number of anilines is 1. The number of ether oxygens (including phenoxy) is 2. The molecule has 1 unspecified atom stereocenters. The number of carbonyl (C=O) groups is 1. The highest BCUT2D eigenvalue weighted by atomic mass is 19.1. The van der Waals surface area contributed by atoms with Crippen molar-refractivity contribution >= 4 is 23.7 Å². The van der Waals surface area contributed by atoms with Crippen molar-refractivity contribution in [1.82, 2.24) is 25.0 Å². The Bertz CT molecular complexity index is 967. The smallest absolute Gasteiger partial charge is 0.409 e. The number of benzene rings is 1. The van der Waals surface area contributed by atoms with Gasteiger partial charge in [-0.25, -0.2) is 24.2 Å². The Kier molecular flexibility index (Phi) is 8.68. The van der Waals surface area contributed by atoms with E-state index in [1.165, 1.54) is 19.6 Å². The van der Waals surface area contributed by atoms with Gasteiger partial charge in [0.15, 0.2) is 11.6 Å². The Morgan fingerprint density at radius 1 is 1.25 bits per heavy atom. The van der Waals surface area contributed by atoms with E-state index in [0.717, 1.165) is 25.5 Å². The van der Waals surface area contributed by atoms with Crippen LogP contribution in [-0.4, -0.2) is 110 Å². The van der Waals surface area contributed by atoms with Crippen LogP contribution in [0.2, 0.25) is 0 Å². The lowest BCUT2D eigenvalue weighted by Crippen LogP contribution is -2.60. The topological polar surface area (TPSA) is 97.3 Å². The van der Waals surface area contributed by atoms with Gasteiger partial charge in [0.2, 0.25) is 11.9 Å². The summed E-state index contributed by atoms with van der Waals surface area (Å²) < 4.78 is 24.4. The van der Waals surface area contributed by atoms with Crippen molar-refractivity contribution in [2.24, 2.45) is 9.98 Å². The number of guanidine groups is 2. The number of nitrogens with one attached hydrogen (secondary N) is 2. The number of piperazine rings is 1. The van der Waals surface area contributed by atoms with Crippen molar-refractivity contribution in [1.29, 1.82) is 0 Å². The first-order valence-electron chi connectivity index (χ1n) is 12.7. The van der Waals surface area contributed by atoms with E-state index >= 15 is 0 Å². The molecule has 2 fully saturated rings. The second-order valence-electron chi connectivity index (χ2n) is 8.90. The molecule has 3 aliphatic rings. The van der Waals surface area contributed by atoms with Gasteiger partial charge < -0.3 is 19.3 Å². The van der Waals surface area contributed by atoms with Crippen LogP contribution in [0.25, 0.3) is 0 Å². The number of hydrogen-bond acceptors (Lipinski definition) is 8. The number of amides is 1. The molecule has 1 aromatic rings. The van der Waals surface area contributed by atoms with E-state index in [0.29, 0.717) is 63.7 Å². The fourth-order valence-corrected chi connectivity index (χ4v) is 4.72. The van der Waals surface area contributed by atoms with Crippen molar-refractivity contribution in [3.05, 3.63) is 24.0 Å². The molecule has 2 saturated heterocycles. The van der Waals surface area contributed by atoms with Crippen LogP contribution >= 0.6 is 0 Å². The van der Waals surface area contributed by atoms with E-state index in [1.807, 2.05) is 0 Å². The van der Waals surface area contributed by atoms with E-state index in [-0.39, 0.29) is 11.8 Å². The molecule has 12 heteroatoms. The Hall–Kier alpha value is -3.28. The highest BCUT2D eigenvalue weighted by Gasteiger charge is 2.29. The molecule has 1 amide bonds. The number of aliphatic imine (C=N–C) groups is 2. The molecular formula is C24H37FN8O3. The summed E-state index contributed by atoms with van der Waals surface area (Å²) in [7, 11) is 1.44. The van der Waals surface area contributed by atoms with Gasteiger partial charge in [0.25, 0.3) is 0 Å². The van der Waals surface area contributed by atoms with E-state index in [4.69, 9.17) is 19.5 Å². The molecule has 36 heavy (non-hydrogen) atoms.